The zero-order valence-corrected chi connectivity index (χ0v) is 8.40. The quantitative estimate of drug-likeness (QED) is 0.688. The summed E-state index contributed by atoms with van der Waals surface area (Å²) in [5.41, 5.74) is 6.30. The summed E-state index contributed by atoms with van der Waals surface area (Å²) < 4.78 is 10.3. The van der Waals surface area contributed by atoms with Gasteiger partial charge in [0.15, 0.2) is 0 Å². The van der Waals surface area contributed by atoms with Gasteiger partial charge in [-0.3, -0.25) is 0 Å². The van der Waals surface area contributed by atoms with Gasteiger partial charge >= 0.3 is 0 Å². The van der Waals surface area contributed by atoms with E-state index in [2.05, 4.69) is 4.98 Å². The van der Waals surface area contributed by atoms with Crippen LogP contribution in [0.3, 0.4) is 0 Å². The first-order valence-corrected chi connectivity index (χ1v) is 4.64. The van der Waals surface area contributed by atoms with Gasteiger partial charge in [-0.05, 0) is 6.07 Å². The second kappa shape index (κ2) is 6.34. The first-order valence-electron chi connectivity index (χ1n) is 4.64. The van der Waals surface area contributed by atoms with Crippen LogP contribution in [-0.2, 0) is 11.3 Å². The summed E-state index contributed by atoms with van der Waals surface area (Å²) in [6, 6.07) is 5.59. The van der Waals surface area contributed by atoms with Crippen molar-refractivity contribution in [3.8, 4) is 5.88 Å². The molecule has 0 saturated heterocycles. The number of hydrogen-bond donors (Lipinski definition) is 1. The number of hydrogen-bond acceptors (Lipinski definition) is 4. The lowest BCUT2D eigenvalue weighted by Gasteiger charge is -2.05. The van der Waals surface area contributed by atoms with E-state index in [0.29, 0.717) is 25.6 Å². The van der Waals surface area contributed by atoms with Crippen LogP contribution >= 0.6 is 0 Å². The minimum atomic E-state index is 0.440. The van der Waals surface area contributed by atoms with E-state index in [1.54, 1.807) is 7.11 Å². The Morgan fingerprint density at radius 2 is 2.21 bits per heavy atom. The number of nitrogens with two attached hydrogens (primary N) is 1. The predicted molar refractivity (Wildman–Crippen MR) is 54.1 cm³/mol. The molecular formula is C10H16N2O2. The van der Waals surface area contributed by atoms with Crippen LogP contribution in [0.15, 0.2) is 18.2 Å². The van der Waals surface area contributed by atoms with E-state index in [4.69, 9.17) is 15.2 Å². The molecule has 4 nitrogen and oxygen atoms in total. The van der Waals surface area contributed by atoms with E-state index < -0.39 is 0 Å². The largest absolute Gasteiger partial charge is 0.478 e. The van der Waals surface area contributed by atoms with Crippen molar-refractivity contribution in [1.29, 1.82) is 0 Å². The topological polar surface area (TPSA) is 57.4 Å². The number of pyridine rings is 1. The average molecular weight is 196 g/mol. The van der Waals surface area contributed by atoms with Crippen molar-refractivity contribution in [3.05, 3.63) is 23.9 Å². The van der Waals surface area contributed by atoms with Crippen molar-refractivity contribution in [2.75, 3.05) is 20.3 Å². The van der Waals surface area contributed by atoms with E-state index in [1.165, 1.54) is 0 Å². The summed E-state index contributed by atoms with van der Waals surface area (Å²) in [4.78, 5) is 4.20. The Morgan fingerprint density at radius 1 is 1.36 bits per heavy atom. The maximum absolute atomic E-state index is 5.46. The maximum atomic E-state index is 5.46. The summed E-state index contributed by atoms with van der Waals surface area (Å²) in [5, 5.41) is 0. The SMILES string of the molecule is COCCCOc1cccc(CN)n1. The van der Waals surface area contributed by atoms with Crippen molar-refractivity contribution in [2.24, 2.45) is 5.73 Å². The third kappa shape index (κ3) is 3.72. The molecule has 0 fully saturated rings. The highest BCUT2D eigenvalue weighted by Gasteiger charge is 1.96. The highest BCUT2D eigenvalue weighted by molar-refractivity contribution is 5.15. The molecule has 0 unspecified atom stereocenters. The van der Waals surface area contributed by atoms with E-state index in [1.807, 2.05) is 18.2 Å². The van der Waals surface area contributed by atoms with Crippen LogP contribution in [0.5, 0.6) is 5.88 Å². The number of rotatable bonds is 6. The summed E-state index contributed by atoms with van der Waals surface area (Å²) in [6.45, 7) is 1.76. The van der Waals surface area contributed by atoms with Gasteiger partial charge in [0.05, 0.1) is 12.3 Å². The number of methoxy groups -OCH3 is 1. The smallest absolute Gasteiger partial charge is 0.213 e. The summed E-state index contributed by atoms with van der Waals surface area (Å²) in [7, 11) is 1.67. The van der Waals surface area contributed by atoms with Gasteiger partial charge in [0.1, 0.15) is 0 Å². The van der Waals surface area contributed by atoms with Crippen LogP contribution in [0, 0.1) is 0 Å². The first kappa shape index (κ1) is 10.9. The van der Waals surface area contributed by atoms with E-state index in [0.717, 1.165) is 12.1 Å². The van der Waals surface area contributed by atoms with Crippen molar-refractivity contribution in [3.63, 3.8) is 0 Å². The normalized spacial score (nSPS) is 10.1. The molecule has 0 amide bonds. The molecule has 0 saturated carbocycles. The van der Waals surface area contributed by atoms with Crippen molar-refractivity contribution in [2.45, 2.75) is 13.0 Å². The van der Waals surface area contributed by atoms with Crippen LogP contribution in [-0.4, -0.2) is 25.3 Å². The van der Waals surface area contributed by atoms with Crippen molar-refractivity contribution >= 4 is 0 Å². The van der Waals surface area contributed by atoms with Crippen LogP contribution in [0.1, 0.15) is 12.1 Å². The van der Waals surface area contributed by atoms with Gasteiger partial charge < -0.3 is 15.2 Å². The van der Waals surface area contributed by atoms with Gasteiger partial charge in [0.2, 0.25) is 5.88 Å². The molecule has 0 aromatic carbocycles. The molecule has 0 aliphatic heterocycles. The molecule has 1 rings (SSSR count). The Balaban J connectivity index is 2.34. The van der Waals surface area contributed by atoms with Crippen molar-refractivity contribution in [1.82, 2.24) is 4.98 Å². The minimum absolute atomic E-state index is 0.440. The predicted octanol–water partition coefficient (Wildman–Crippen LogP) is 0.956. The van der Waals surface area contributed by atoms with E-state index >= 15 is 0 Å². The zero-order valence-electron chi connectivity index (χ0n) is 8.40. The molecule has 0 spiro atoms. The maximum Gasteiger partial charge on any atom is 0.213 e. The van der Waals surface area contributed by atoms with Crippen LogP contribution in [0.2, 0.25) is 0 Å². The lowest BCUT2D eigenvalue weighted by Crippen LogP contribution is -2.05. The molecule has 0 aliphatic carbocycles. The Labute approximate surface area is 84.0 Å². The van der Waals surface area contributed by atoms with Gasteiger partial charge in [-0.1, -0.05) is 6.07 Å². The fraction of sp³-hybridized carbons (Fsp3) is 0.500. The van der Waals surface area contributed by atoms with Gasteiger partial charge in [-0.15, -0.1) is 0 Å². The fourth-order valence-electron chi connectivity index (χ4n) is 1.03. The summed E-state index contributed by atoms with van der Waals surface area (Å²) >= 11 is 0. The molecule has 0 atom stereocenters. The van der Waals surface area contributed by atoms with Crippen LogP contribution in [0.4, 0.5) is 0 Å². The molecule has 0 radical (unpaired) electrons. The Kier molecular flexibility index (Phi) is 4.96. The van der Waals surface area contributed by atoms with Crippen molar-refractivity contribution < 1.29 is 9.47 Å². The van der Waals surface area contributed by atoms with Crippen LogP contribution in [0.25, 0.3) is 0 Å². The second-order valence-electron chi connectivity index (χ2n) is 2.87. The fourth-order valence-corrected chi connectivity index (χ4v) is 1.03. The minimum Gasteiger partial charge on any atom is -0.478 e. The molecule has 0 bridgehead atoms. The lowest BCUT2D eigenvalue weighted by molar-refractivity contribution is 0.170. The average Bonchev–Trinajstić information content (AvgIpc) is 2.25. The van der Waals surface area contributed by atoms with E-state index in [9.17, 15) is 0 Å². The summed E-state index contributed by atoms with van der Waals surface area (Å²) in [6.07, 6.45) is 0.866. The summed E-state index contributed by atoms with van der Waals surface area (Å²) in [5.74, 6) is 0.629. The lowest BCUT2D eigenvalue weighted by atomic mass is 10.3. The number of nitrogens with zero attached hydrogens (tertiary/aromatic N) is 1. The Hall–Kier alpha value is -1.13. The molecular weight excluding hydrogens is 180 g/mol. The van der Waals surface area contributed by atoms with Crippen LogP contribution < -0.4 is 10.5 Å². The molecule has 2 N–H and O–H groups in total. The molecule has 14 heavy (non-hydrogen) atoms. The zero-order chi connectivity index (χ0) is 10.2. The highest BCUT2D eigenvalue weighted by atomic mass is 16.5. The van der Waals surface area contributed by atoms with Gasteiger partial charge in [-0.25, -0.2) is 4.98 Å². The van der Waals surface area contributed by atoms with Gasteiger partial charge in [0, 0.05) is 32.7 Å². The molecule has 0 aliphatic rings. The highest BCUT2D eigenvalue weighted by Crippen LogP contribution is 2.07. The Morgan fingerprint density at radius 3 is 2.93 bits per heavy atom. The molecule has 1 aromatic heterocycles. The third-order valence-corrected chi connectivity index (χ3v) is 1.73. The monoisotopic (exact) mass is 196 g/mol. The third-order valence-electron chi connectivity index (χ3n) is 1.73. The molecule has 4 heteroatoms. The number of aromatic nitrogens is 1. The van der Waals surface area contributed by atoms with E-state index in [-0.39, 0.29) is 0 Å². The van der Waals surface area contributed by atoms with Gasteiger partial charge in [-0.2, -0.15) is 0 Å². The molecule has 1 heterocycles. The Bertz CT molecular complexity index is 266. The van der Waals surface area contributed by atoms with Gasteiger partial charge in [0.25, 0.3) is 0 Å². The standard InChI is InChI=1S/C10H16N2O2/c1-13-6-3-7-14-10-5-2-4-9(8-11)12-10/h2,4-5H,3,6-8,11H2,1H3. The number of ether oxygens (including phenoxy) is 2. The first-order chi connectivity index (χ1) is 6.86. The molecule has 78 valence electrons. The molecule has 1 aromatic rings. The second-order valence-corrected chi connectivity index (χ2v) is 2.87.